The first kappa shape index (κ1) is 18.0. The zero-order chi connectivity index (χ0) is 19.4. The van der Waals surface area contributed by atoms with E-state index in [0.717, 1.165) is 6.42 Å². The van der Waals surface area contributed by atoms with Gasteiger partial charge in [0.2, 0.25) is 5.91 Å². The molecule has 2 bridgehead atoms. The van der Waals surface area contributed by atoms with Gasteiger partial charge in [-0.15, -0.1) is 0 Å². The number of hydrogen-bond donors (Lipinski definition) is 1. The van der Waals surface area contributed by atoms with E-state index in [4.69, 9.17) is 21.1 Å². The summed E-state index contributed by atoms with van der Waals surface area (Å²) in [5.74, 6) is 0.459. The number of halogens is 2. The molecule has 28 heavy (non-hydrogen) atoms. The maximum atomic E-state index is 12.9. The van der Waals surface area contributed by atoms with Crippen molar-refractivity contribution in [2.75, 3.05) is 5.32 Å². The van der Waals surface area contributed by atoms with Crippen LogP contribution in [0.1, 0.15) is 6.42 Å². The molecule has 3 fully saturated rings. The third kappa shape index (κ3) is 2.81. The number of ether oxygens (including phenoxy) is 2. The Kier molecular flexibility index (Phi) is 4.36. The van der Waals surface area contributed by atoms with Gasteiger partial charge in [-0.2, -0.15) is 0 Å². The zero-order valence-corrected chi connectivity index (χ0v) is 17.0. The fourth-order valence-corrected chi connectivity index (χ4v) is 6.04. The van der Waals surface area contributed by atoms with Crippen LogP contribution in [0.15, 0.2) is 48.5 Å². The number of amides is 1. The summed E-state index contributed by atoms with van der Waals surface area (Å²) >= 11 is 9.74. The highest BCUT2D eigenvalue weighted by molar-refractivity contribution is 9.09. The molecular weight excluding hydrogens is 446 g/mol. The van der Waals surface area contributed by atoms with Crippen molar-refractivity contribution in [3.05, 3.63) is 53.6 Å². The smallest absolute Gasteiger partial charge is 0.310 e. The molecule has 7 heteroatoms. The van der Waals surface area contributed by atoms with Crippen molar-refractivity contribution in [1.82, 2.24) is 0 Å². The molecule has 2 aliphatic carbocycles. The Bertz CT molecular complexity index is 950. The molecular formula is C21H17BrClNO4. The minimum absolute atomic E-state index is 0.0577. The summed E-state index contributed by atoms with van der Waals surface area (Å²) in [7, 11) is 0. The summed E-state index contributed by atoms with van der Waals surface area (Å²) in [6.07, 6.45) is 0.785. The van der Waals surface area contributed by atoms with Crippen LogP contribution >= 0.6 is 27.5 Å². The second-order valence-electron chi connectivity index (χ2n) is 7.51. The van der Waals surface area contributed by atoms with E-state index in [9.17, 15) is 9.59 Å². The summed E-state index contributed by atoms with van der Waals surface area (Å²) in [4.78, 5) is 25.2. The van der Waals surface area contributed by atoms with Crippen LogP contribution < -0.4 is 10.1 Å². The van der Waals surface area contributed by atoms with Gasteiger partial charge >= 0.3 is 5.97 Å². The standard InChI is InChI=1S/C21H17BrClNO4/c22-18-12-9-13-17(21(26)28-19(13)18)16(12)20(25)24-10-5-7-11(8-6-10)27-15-4-2-1-3-14(15)23/h1-8,12-13,16-19H,9H2,(H,24,25)/t12-,13-,16-,17-,18-,19+/m1/s1. The molecule has 5 rings (SSSR count). The molecule has 1 heterocycles. The quantitative estimate of drug-likeness (QED) is 0.531. The van der Waals surface area contributed by atoms with Crippen LogP contribution in [0.3, 0.4) is 0 Å². The number of para-hydroxylation sites is 1. The van der Waals surface area contributed by atoms with Gasteiger partial charge in [-0.1, -0.05) is 39.7 Å². The van der Waals surface area contributed by atoms with Crippen LogP contribution in [-0.4, -0.2) is 22.8 Å². The third-order valence-corrected chi connectivity index (χ3v) is 7.52. The molecule has 0 aromatic heterocycles. The maximum absolute atomic E-state index is 12.9. The second-order valence-corrected chi connectivity index (χ2v) is 8.97. The molecule has 2 aromatic rings. The molecule has 2 aromatic carbocycles. The van der Waals surface area contributed by atoms with E-state index in [2.05, 4.69) is 21.2 Å². The van der Waals surface area contributed by atoms with Crippen LogP contribution in [0.2, 0.25) is 5.02 Å². The van der Waals surface area contributed by atoms with Crippen molar-refractivity contribution < 1.29 is 19.1 Å². The predicted molar refractivity (Wildman–Crippen MR) is 108 cm³/mol. The average Bonchev–Trinajstić information content (AvgIpc) is 3.29. The molecule has 0 radical (unpaired) electrons. The Morgan fingerprint density at radius 1 is 1.14 bits per heavy atom. The molecule has 6 atom stereocenters. The fraction of sp³-hybridized carbons (Fsp3) is 0.333. The third-order valence-electron chi connectivity index (χ3n) is 6.01. The number of hydrogen-bond acceptors (Lipinski definition) is 4. The summed E-state index contributed by atoms with van der Waals surface area (Å²) < 4.78 is 11.2. The maximum Gasteiger partial charge on any atom is 0.310 e. The molecule has 3 aliphatic rings. The number of fused-ring (bicyclic) bond motifs is 1. The molecule has 0 unspecified atom stereocenters. The molecule has 5 nitrogen and oxygen atoms in total. The lowest BCUT2D eigenvalue weighted by Gasteiger charge is -2.27. The van der Waals surface area contributed by atoms with Crippen molar-refractivity contribution in [1.29, 1.82) is 0 Å². The van der Waals surface area contributed by atoms with E-state index in [1.54, 1.807) is 36.4 Å². The number of alkyl halides is 1. The highest BCUT2D eigenvalue weighted by Gasteiger charge is 2.67. The van der Waals surface area contributed by atoms with Crippen LogP contribution in [0.5, 0.6) is 11.5 Å². The van der Waals surface area contributed by atoms with E-state index in [1.165, 1.54) is 0 Å². The van der Waals surface area contributed by atoms with Gasteiger partial charge in [0.25, 0.3) is 0 Å². The van der Waals surface area contributed by atoms with Crippen LogP contribution in [0, 0.1) is 23.7 Å². The monoisotopic (exact) mass is 461 g/mol. The number of rotatable bonds is 4. The first-order valence-electron chi connectivity index (χ1n) is 9.21. The summed E-state index contributed by atoms with van der Waals surface area (Å²) in [6, 6.07) is 14.3. The Morgan fingerprint density at radius 2 is 1.89 bits per heavy atom. The zero-order valence-electron chi connectivity index (χ0n) is 14.7. The Morgan fingerprint density at radius 3 is 2.64 bits per heavy atom. The molecule has 1 N–H and O–H groups in total. The predicted octanol–water partition coefficient (Wildman–Crippen LogP) is 4.64. The Hall–Kier alpha value is -2.05. The molecule has 1 aliphatic heterocycles. The number of esters is 1. The van der Waals surface area contributed by atoms with Gasteiger partial charge in [-0.3, -0.25) is 9.59 Å². The van der Waals surface area contributed by atoms with E-state index in [1.807, 2.05) is 12.1 Å². The first-order chi connectivity index (χ1) is 13.5. The minimum Gasteiger partial charge on any atom is -0.461 e. The van der Waals surface area contributed by atoms with Gasteiger partial charge < -0.3 is 14.8 Å². The van der Waals surface area contributed by atoms with Crippen molar-refractivity contribution in [2.45, 2.75) is 17.4 Å². The normalized spacial score (nSPS) is 32.3. The van der Waals surface area contributed by atoms with Gasteiger partial charge in [-0.25, -0.2) is 0 Å². The Labute approximate surface area is 175 Å². The average molecular weight is 463 g/mol. The molecule has 144 valence electrons. The highest BCUT2D eigenvalue weighted by Crippen LogP contribution is 2.60. The number of carbonyl (C=O) groups excluding carboxylic acids is 2. The number of carbonyl (C=O) groups is 2. The minimum atomic E-state index is -0.348. The molecule has 1 amide bonds. The largest absolute Gasteiger partial charge is 0.461 e. The van der Waals surface area contributed by atoms with Crippen molar-refractivity contribution in [3.8, 4) is 11.5 Å². The summed E-state index contributed by atoms with van der Waals surface area (Å²) in [5, 5.41) is 3.48. The lowest BCUT2D eigenvalue weighted by Crippen LogP contribution is -2.40. The Balaban J connectivity index is 1.28. The van der Waals surface area contributed by atoms with Gasteiger partial charge in [0.05, 0.1) is 21.7 Å². The number of anilines is 1. The van der Waals surface area contributed by atoms with Gasteiger partial charge in [0.15, 0.2) is 0 Å². The summed E-state index contributed by atoms with van der Waals surface area (Å²) in [6.45, 7) is 0. The topological polar surface area (TPSA) is 64.6 Å². The summed E-state index contributed by atoms with van der Waals surface area (Å²) in [5.41, 5.74) is 0.660. The second kappa shape index (κ2) is 6.78. The van der Waals surface area contributed by atoms with E-state index in [-0.39, 0.29) is 46.5 Å². The SMILES string of the molecule is O=C(Nc1ccc(Oc2ccccc2Cl)cc1)[C@@H]1[C@H]2C[C@H]3[C@H](OC(=O)[C@H]31)[C@@H]2Br. The molecule has 1 saturated heterocycles. The fourth-order valence-electron chi connectivity index (χ4n) is 4.82. The van der Waals surface area contributed by atoms with Crippen LogP contribution in [0.25, 0.3) is 0 Å². The van der Waals surface area contributed by atoms with E-state index >= 15 is 0 Å². The molecule has 0 spiro atoms. The first-order valence-corrected chi connectivity index (χ1v) is 10.5. The van der Waals surface area contributed by atoms with Gasteiger partial charge in [0, 0.05) is 11.6 Å². The molecule has 2 saturated carbocycles. The van der Waals surface area contributed by atoms with Gasteiger partial charge in [-0.05, 0) is 48.7 Å². The van der Waals surface area contributed by atoms with Crippen molar-refractivity contribution in [2.24, 2.45) is 23.7 Å². The lowest BCUT2D eigenvalue weighted by atomic mass is 9.79. The highest BCUT2D eigenvalue weighted by atomic mass is 79.9. The van der Waals surface area contributed by atoms with Crippen LogP contribution in [0.4, 0.5) is 5.69 Å². The van der Waals surface area contributed by atoms with Crippen molar-refractivity contribution in [3.63, 3.8) is 0 Å². The van der Waals surface area contributed by atoms with E-state index < -0.39 is 0 Å². The van der Waals surface area contributed by atoms with Gasteiger partial charge in [0.1, 0.15) is 17.6 Å². The number of nitrogens with one attached hydrogen (secondary N) is 1. The van der Waals surface area contributed by atoms with E-state index in [0.29, 0.717) is 22.2 Å². The van der Waals surface area contributed by atoms with Crippen molar-refractivity contribution >= 4 is 45.1 Å². The van der Waals surface area contributed by atoms with Crippen LogP contribution in [-0.2, 0) is 14.3 Å². The number of benzene rings is 2. The lowest BCUT2D eigenvalue weighted by molar-refractivity contribution is -0.145.